The first kappa shape index (κ1) is 14.8. The van der Waals surface area contributed by atoms with Crippen LogP contribution >= 0.6 is 11.6 Å². The van der Waals surface area contributed by atoms with Gasteiger partial charge in [-0.15, -0.1) is 11.6 Å². The summed E-state index contributed by atoms with van der Waals surface area (Å²) in [4.78, 5) is 0. The van der Waals surface area contributed by atoms with Crippen LogP contribution in [0.2, 0.25) is 0 Å². The van der Waals surface area contributed by atoms with Crippen molar-refractivity contribution >= 4 is 21.6 Å². The first-order chi connectivity index (χ1) is 9.05. The van der Waals surface area contributed by atoms with Gasteiger partial charge in [-0.1, -0.05) is 24.3 Å². The second-order valence-corrected chi connectivity index (χ2v) is 6.95. The van der Waals surface area contributed by atoms with Crippen LogP contribution < -0.4 is 0 Å². The van der Waals surface area contributed by atoms with Gasteiger partial charge in [0.25, 0.3) is 0 Å². The molecule has 19 heavy (non-hydrogen) atoms. The number of rotatable bonds is 5. The zero-order chi connectivity index (χ0) is 13.9. The summed E-state index contributed by atoms with van der Waals surface area (Å²) in [6.45, 7) is 0.999. The second kappa shape index (κ2) is 6.22. The molecule has 106 valence electrons. The number of nitrogens with zero attached hydrogens (tertiary/aromatic N) is 1. The minimum Gasteiger partial charge on any atom is -0.380 e. The van der Waals surface area contributed by atoms with E-state index >= 15 is 0 Å². The second-order valence-electron chi connectivity index (χ2n) is 4.71. The lowest BCUT2D eigenvalue weighted by Crippen LogP contribution is -2.31. The monoisotopic (exact) mass is 303 g/mol. The van der Waals surface area contributed by atoms with Crippen LogP contribution in [-0.2, 0) is 26.4 Å². The highest BCUT2D eigenvalue weighted by molar-refractivity contribution is 7.88. The summed E-state index contributed by atoms with van der Waals surface area (Å²) in [6.07, 6.45) is 0.786. The Balaban J connectivity index is 2.04. The standard InChI is InChI=1S/C13H18ClNO3S/c1-18-13-6-7-15(9-13)19(16,17)10-12-4-2-11(8-14)3-5-12/h2-5,13H,6-10H2,1H3. The Morgan fingerprint density at radius 3 is 2.47 bits per heavy atom. The summed E-state index contributed by atoms with van der Waals surface area (Å²) in [5, 5.41) is 0. The predicted octanol–water partition coefficient (Wildman–Crippen LogP) is 1.98. The molecule has 1 aromatic rings. The maximum Gasteiger partial charge on any atom is 0.218 e. The molecule has 1 aliphatic rings. The fourth-order valence-corrected chi connectivity index (χ4v) is 3.92. The summed E-state index contributed by atoms with van der Waals surface area (Å²) in [6, 6.07) is 7.36. The molecule has 0 spiro atoms. The molecule has 2 rings (SSSR count). The minimum absolute atomic E-state index is 0.0217. The van der Waals surface area contributed by atoms with Crippen LogP contribution in [0.1, 0.15) is 17.5 Å². The van der Waals surface area contributed by atoms with Crippen LogP contribution in [-0.4, -0.2) is 39.0 Å². The average molecular weight is 304 g/mol. The van der Waals surface area contributed by atoms with Crippen molar-refractivity contribution in [3.8, 4) is 0 Å². The van der Waals surface area contributed by atoms with Gasteiger partial charge in [0.15, 0.2) is 0 Å². The van der Waals surface area contributed by atoms with Gasteiger partial charge in [0.2, 0.25) is 10.0 Å². The van der Waals surface area contributed by atoms with Crippen molar-refractivity contribution in [2.75, 3.05) is 20.2 Å². The molecule has 1 unspecified atom stereocenters. The van der Waals surface area contributed by atoms with Crippen LogP contribution in [0.5, 0.6) is 0 Å². The molecule has 1 fully saturated rings. The SMILES string of the molecule is COC1CCN(S(=O)(=O)Cc2ccc(CCl)cc2)C1. The van der Waals surface area contributed by atoms with E-state index in [2.05, 4.69) is 0 Å². The van der Waals surface area contributed by atoms with Gasteiger partial charge < -0.3 is 4.74 Å². The molecule has 0 saturated carbocycles. The lowest BCUT2D eigenvalue weighted by molar-refractivity contribution is 0.115. The van der Waals surface area contributed by atoms with Crippen molar-refractivity contribution in [3.63, 3.8) is 0 Å². The molecule has 0 N–H and O–H groups in total. The summed E-state index contributed by atoms with van der Waals surface area (Å²) < 4.78 is 31.2. The Bertz CT molecular complexity index is 515. The zero-order valence-electron chi connectivity index (χ0n) is 10.9. The number of alkyl halides is 1. The van der Waals surface area contributed by atoms with Gasteiger partial charge in [0.05, 0.1) is 11.9 Å². The topological polar surface area (TPSA) is 46.6 Å². The normalized spacial score (nSPS) is 20.8. The summed E-state index contributed by atoms with van der Waals surface area (Å²) >= 11 is 5.71. The number of hydrogen-bond donors (Lipinski definition) is 0. The maximum absolute atomic E-state index is 12.3. The van der Waals surface area contributed by atoms with Gasteiger partial charge >= 0.3 is 0 Å². The van der Waals surface area contributed by atoms with Gasteiger partial charge in [-0.2, -0.15) is 4.31 Å². The Morgan fingerprint density at radius 1 is 1.32 bits per heavy atom. The van der Waals surface area contributed by atoms with E-state index in [9.17, 15) is 8.42 Å². The number of methoxy groups -OCH3 is 1. The molecule has 0 amide bonds. The van der Waals surface area contributed by atoms with Gasteiger partial charge in [-0.05, 0) is 17.5 Å². The highest BCUT2D eigenvalue weighted by atomic mass is 35.5. The predicted molar refractivity (Wildman–Crippen MR) is 75.6 cm³/mol. The molecule has 0 aromatic heterocycles. The molecule has 0 bridgehead atoms. The van der Waals surface area contributed by atoms with E-state index in [1.807, 2.05) is 24.3 Å². The number of sulfonamides is 1. The first-order valence-corrected chi connectivity index (χ1v) is 8.34. The van der Waals surface area contributed by atoms with Crippen molar-refractivity contribution < 1.29 is 13.2 Å². The molecular formula is C13H18ClNO3S. The third kappa shape index (κ3) is 3.69. The summed E-state index contributed by atoms with van der Waals surface area (Å²) in [5.41, 5.74) is 1.78. The highest BCUT2D eigenvalue weighted by Crippen LogP contribution is 2.19. The van der Waals surface area contributed by atoms with E-state index < -0.39 is 10.0 Å². The van der Waals surface area contributed by atoms with Crippen LogP contribution in [0.15, 0.2) is 24.3 Å². The molecule has 1 saturated heterocycles. The van der Waals surface area contributed by atoms with E-state index in [1.165, 1.54) is 4.31 Å². The molecule has 1 aliphatic heterocycles. The third-order valence-electron chi connectivity index (χ3n) is 3.36. The Morgan fingerprint density at radius 2 is 1.95 bits per heavy atom. The largest absolute Gasteiger partial charge is 0.380 e. The zero-order valence-corrected chi connectivity index (χ0v) is 12.5. The number of benzene rings is 1. The molecule has 0 aliphatic carbocycles. The van der Waals surface area contributed by atoms with Gasteiger partial charge in [0, 0.05) is 26.1 Å². The molecule has 0 radical (unpaired) electrons. The van der Waals surface area contributed by atoms with Crippen molar-refractivity contribution in [2.45, 2.75) is 24.2 Å². The van der Waals surface area contributed by atoms with E-state index in [0.717, 1.165) is 17.5 Å². The van der Waals surface area contributed by atoms with Gasteiger partial charge in [-0.3, -0.25) is 0 Å². The van der Waals surface area contributed by atoms with Crippen molar-refractivity contribution in [2.24, 2.45) is 0 Å². The number of halogens is 1. The minimum atomic E-state index is -3.26. The highest BCUT2D eigenvalue weighted by Gasteiger charge is 2.31. The fourth-order valence-electron chi connectivity index (χ4n) is 2.17. The van der Waals surface area contributed by atoms with Crippen LogP contribution in [0.25, 0.3) is 0 Å². The molecule has 6 heteroatoms. The quantitative estimate of drug-likeness (QED) is 0.781. The number of ether oxygens (including phenoxy) is 1. The van der Waals surface area contributed by atoms with Crippen LogP contribution in [0.4, 0.5) is 0 Å². The van der Waals surface area contributed by atoms with Crippen molar-refractivity contribution in [3.05, 3.63) is 35.4 Å². The summed E-state index contributed by atoms with van der Waals surface area (Å²) in [5.74, 6) is 0.473. The van der Waals surface area contributed by atoms with Crippen LogP contribution in [0.3, 0.4) is 0 Å². The lowest BCUT2D eigenvalue weighted by Gasteiger charge is -2.16. The fraction of sp³-hybridized carbons (Fsp3) is 0.538. The molecule has 4 nitrogen and oxygen atoms in total. The van der Waals surface area contributed by atoms with Crippen LogP contribution in [0, 0.1) is 0 Å². The third-order valence-corrected chi connectivity index (χ3v) is 5.49. The lowest BCUT2D eigenvalue weighted by atomic mass is 10.2. The Hall–Kier alpha value is -0.620. The number of hydrogen-bond acceptors (Lipinski definition) is 3. The molecule has 1 atom stereocenters. The Kier molecular flexibility index (Phi) is 4.84. The first-order valence-electron chi connectivity index (χ1n) is 6.19. The van der Waals surface area contributed by atoms with Crippen molar-refractivity contribution in [1.29, 1.82) is 0 Å². The van der Waals surface area contributed by atoms with E-state index in [-0.39, 0.29) is 11.9 Å². The van der Waals surface area contributed by atoms with Gasteiger partial charge in [-0.25, -0.2) is 8.42 Å². The van der Waals surface area contributed by atoms with E-state index in [0.29, 0.717) is 19.0 Å². The van der Waals surface area contributed by atoms with Gasteiger partial charge in [0.1, 0.15) is 0 Å². The molecular weight excluding hydrogens is 286 g/mol. The Labute approximate surface area is 119 Å². The summed E-state index contributed by atoms with van der Waals surface area (Å²) in [7, 11) is -1.64. The van der Waals surface area contributed by atoms with E-state index in [4.69, 9.17) is 16.3 Å². The molecule has 1 aromatic carbocycles. The van der Waals surface area contributed by atoms with E-state index in [1.54, 1.807) is 7.11 Å². The molecule has 1 heterocycles. The van der Waals surface area contributed by atoms with Crippen molar-refractivity contribution in [1.82, 2.24) is 4.31 Å². The average Bonchev–Trinajstić information content (AvgIpc) is 2.89. The maximum atomic E-state index is 12.3. The smallest absolute Gasteiger partial charge is 0.218 e.